The summed E-state index contributed by atoms with van der Waals surface area (Å²) in [6, 6.07) is 8.30. The third-order valence-electron chi connectivity index (χ3n) is 5.26. The molecule has 8 nitrogen and oxygen atoms in total. The smallest absolute Gasteiger partial charge is 0.344 e. The van der Waals surface area contributed by atoms with Crippen molar-refractivity contribution in [3.05, 3.63) is 52.6 Å². The number of Topliss-reactive ketones (excluding diaryl/α,β-unsaturated/α-hetero) is 1. The first-order valence-corrected chi connectivity index (χ1v) is 13.9. The highest BCUT2D eigenvalue weighted by Gasteiger charge is 2.30. The van der Waals surface area contributed by atoms with E-state index in [0.29, 0.717) is 28.0 Å². The van der Waals surface area contributed by atoms with Crippen LogP contribution in [0.4, 0.5) is 0 Å². The maximum absolute atomic E-state index is 13.3. The number of hydrogen-bond acceptors (Lipinski definition) is 9. The molecule has 0 aromatic heterocycles. The number of carbonyl (C=O) groups excluding carboxylic acids is 4. The molecular formula is C25H28N2O6S3. The van der Waals surface area contributed by atoms with Crippen molar-refractivity contribution < 1.29 is 28.7 Å². The standard InChI is InChI=1S/C25H28N2O6S3/c1-4-32-22(29)14-33-23-20(35-5-2)10-16(11-21(23)36-6-3)19(28)13-27-12-17-9-15(24(30)26-34)7-8-18(17)25(27)31/h7-11,34H,4-6,12-14H2,1-3H3,(H,26,30). The van der Waals surface area contributed by atoms with Gasteiger partial charge < -0.3 is 14.4 Å². The van der Waals surface area contributed by atoms with E-state index in [1.165, 1.54) is 28.4 Å². The molecule has 0 radical (unpaired) electrons. The SMILES string of the molecule is CCOC(=O)COc1c(SCC)cc(C(=O)CN2Cc3cc(C(=O)NS)ccc3C2=O)cc1SCC. The first kappa shape index (κ1) is 27.9. The van der Waals surface area contributed by atoms with Crippen molar-refractivity contribution in [2.75, 3.05) is 31.3 Å². The Morgan fingerprint density at radius 2 is 1.69 bits per heavy atom. The van der Waals surface area contributed by atoms with Crippen LogP contribution in [0.15, 0.2) is 40.1 Å². The Bertz CT molecular complexity index is 1140. The Kier molecular flexibility index (Phi) is 10.1. The summed E-state index contributed by atoms with van der Waals surface area (Å²) in [5, 5.41) is 0. The van der Waals surface area contributed by atoms with E-state index in [2.05, 4.69) is 17.5 Å². The predicted molar refractivity (Wildman–Crippen MR) is 143 cm³/mol. The molecule has 0 atom stereocenters. The van der Waals surface area contributed by atoms with Gasteiger partial charge in [-0.2, -0.15) is 0 Å². The third kappa shape index (κ3) is 6.57. The molecule has 2 aromatic carbocycles. The zero-order valence-electron chi connectivity index (χ0n) is 20.3. The quantitative estimate of drug-likeness (QED) is 0.176. The Balaban J connectivity index is 1.83. The minimum absolute atomic E-state index is 0.100. The fraction of sp³-hybridized carbons (Fsp3) is 0.360. The van der Waals surface area contributed by atoms with Crippen LogP contribution in [-0.2, 0) is 16.1 Å². The molecule has 11 heteroatoms. The van der Waals surface area contributed by atoms with E-state index < -0.39 is 5.97 Å². The van der Waals surface area contributed by atoms with Gasteiger partial charge in [0.05, 0.1) is 22.9 Å². The summed E-state index contributed by atoms with van der Waals surface area (Å²) in [7, 11) is 0. The first-order valence-electron chi connectivity index (χ1n) is 11.4. The number of amides is 2. The lowest BCUT2D eigenvalue weighted by molar-refractivity contribution is -0.145. The van der Waals surface area contributed by atoms with E-state index in [9.17, 15) is 19.2 Å². The second kappa shape index (κ2) is 13.1. The molecule has 192 valence electrons. The average molecular weight is 549 g/mol. The molecule has 2 amide bonds. The van der Waals surface area contributed by atoms with E-state index in [1.54, 1.807) is 37.3 Å². The number of carbonyl (C=O) groups is 4. The summed E-state index contributed by atoms with van der Waals surface area (Å²) < 4.78 is 13.1. The van der Waals surface area contributed by atoms with Gasteiger partial charge in [0.15, 0.2) is 12.4 Å². The van der Waals surface area contributed by atoms with Gasteiger partial charge in [-0.15, -0.1) is 23.5 Å². The molecule has 1 heterocycles. The molecule has 2 aromatic rings. The molecule has 0 saturated carbocycles. The van der Waals surface area contributed by atoms with Crippen molar-refractivity contribution in [1.82, 2.24) is 9.62 Å². The van der Waals surface area contributed by atoms with E-state index in [0.717, 1.165) is 21.3 Å². The molecule has 1 N–H and O–H groups in total. The summed E-state index contributed by atoms with van der Waals surface area (Å²) in [5.41, 5.74) is 2.02. The van der Waals surface area contributed by atoms with Crippen LogP contribution in [0.1, 0.15) is 57.4 Å². The van der Waals surface area contributed by atoms with Gasteiger partial charge in [0.1, 0.15) is 5.75 Å². The van der Waals surface area contributed by atoms with Crippen molar-refractivity contribution in [3.63, 3.8) is 0 Å². The molecule has 1 aliphatic heterocycles. The Labute approximate surface area is 224 Å². The number of thiol groups is 1. The number of benzene rings is 2. The topological polar surface area (TPSA) is 102 Å². The number of nitrogens with zero attached hydrogens (tertiary/aromatic N) is 1. The maximum Gasteiger partial charge on any atom is 0.344 e. The minimum Gasteiger partial charge on any atom is -0.480 e. The van der Waals surface area contributed by atoms with E-state index >= 15 is 0 Å². The zero-order chi connectivity index (χ0) is 26.2. The molecule has 1 aliphatic rings. The molecule has 0 aliphatic carbocycles. The number of rotatable bonds is 12. The second-order valence-electron chi connectivity index (χ2n) is 7.66. The van der Waals surface area contributed by atoms with Gasteiger partial charge in [0.2, 0.25) is 0 Å². The minimum atomic E-state index is -0.459. The van der Waals surface area contributed by atoms with Crippen LogP contribution < -0.4 is 9.46 Å². The summed E-state index contributed by atoms with van der Waals surface area (Å²) in [6.45, 7) is 5.90. The van der Waals surface area contributed by atoms with Gasteiger partial charge in [-0.3, -0.25) is 19.1 Å². The van der Waals surface area contributed by atoms with Crippen LogP contribution in [0.5, 0.6) is 5.75 Å². The van der Waals surface area contributed by atoms with E-state index in [-0.39, 0.29) is 43.9 Å². The van der Waals surface area contributed by atoms with Crippen LogP contribution in [0.2, 0.25) is 0 Å². The maximum atomic E-state index is 13.3. The molecule has 0 bridgehead atoms. The molecular weight excluding hydrogens is 520 g/mol. The summed E-state index contributed by atoms with van der Waals surface area (Å²) in [5.74, 6) is 0.749. The van der Waals surface area contributed by atoms with Crippen molar-refractivity contribution in [2.24, 2.45) is 0 Å². The number of thioether (sulfide) groups is 2. The van der Waals surface area contributed by atoms with Crippen molar-refractivity contribution >= 4 is 59.9 Å². The Morgan fingerprint density at radius 3 is 2.28 bits per heavy atom. The number of hydrogen-bond donors (Lipinski definition) is 2. The number of esters is 1. The van der Waals surface area contributed by atoms with Crippen LogP contribution in [0.25, 0.3) is 0 Å². The number of ketones is 1. The van der Waals surface area contributed by atoms with Gasteiger partial charge >= 0.3 is 5.97 Å². The normalized spacial score (nSPS) is 12.3. The lowest BCUT2D eigenvalue weighted by atomic mass is 10.1. The van der Waals surface area contributed by atoms with E-state index in [4.69, 9.17) is 9.47 Å². The van der Waals surface area contributed by atoms with Gasteiger partial charge in [0.25, 0.3) is 11.8 Å². The van der Waals surface area contributed by atoms with Gasteiger partial charge in [-0.25, -0.2) is 4.79 Å². The number of ether oxygens (including phenoxy) is 2. The largest absolute Gasteiger partial charge is 0.480 e. The van der Waals surface area contributed by atoms with Crippen molar-refractivity contribution in [1.29, 1.82) is 0 Å². The van der Waals surface area contributed by atoms with E-state index in [1.807, 2.05) is 13.8 Å². The predicted octanol–water partition coefficient (Wildman–Crippen LogP) is 4.27. The van der Waals surface area contributed by atoms with Gasteiger partial charge in [-0.1, -0.05) is 26.7 Å². The highest BCUT2D eigenvalue weighted by Crippen LogP contribution is 2.40. The average Bonchev–Trinajstić information content (AvgIpc) is 3.17. The lowest BCUT2D eigenvalue weighted by Crippen LogP contribution is -2.30. The fourth-order valence-electron chi connectivity index (χ4n) is 3.72. The molecule has 36 heavy (non-hydrogen) atoms. The van der Waals surface area contributed by atoms with Crippen LogP contribution in [0, 0.1) is 0 Å². The first-order chi connectivity index (χ1) is 17.3. The summed E-state index contributed by atoms with van der Waals surface area (Å²) >= 11 is 6.80. The number of nitrogens with one attached hydrogen (secondary N) is 1. The van der Waals surface area contributed by atoms with Crippen LogP contribution in [0.3, 0.4) is 0 Å². The van der Waals surface area contributed by atoms with Crippen molar-refractivity contribution in [2.45, 2.75) is 37.1 Å². The van der Waals surface area contributed by atoms with Gasteiger partial charge in [0, 0.05) is 23.2 Å². The number of fused-ring (bicyclic) bond motifs is 1. The molecule has 0 spiro atoms. The Hall–Kier alpha value is -2.63. The van der Waals surface area contributed by atoms with Crippen LogP contribution >= 0.6 is 36.3 Å². The molecule has 3 rings (SSSR count). The zero-order valence-corrected chi connectivity index (χ0v) is 22.8. The van der Waals surface area contributed by atoms with Crippen molar-refractivity contribution in [3.8, 4) is 5.75 Å². The fourth-order valence-corrected chi connectivity index (χ4v) is 5.55. The monoisotopic (exact) mass is 548 g/mol. The van der Waals surface area contributed by atoms with Gasteiger partial charge in [-0.05, 0) is 54.3 Å². The molecule has 0 fully saturated rings. The lowest BCUT2D eigenvalue weighted by Gasteiger charge is -2.18. The summed E-state index contributed by atoms with van der Waals surface area (Å²) in [6.07, 6.45) is 0. The second-order valence-corrected chi connectivity index (χ2v) is 10.5. The molecule has 0 saturated heterocycles. The van der Waals surface area contributed by atoms with Crippen LogP contribution in [-0.4, -0.2) is 59.7 Å². The summed E-state index contributed by atoms with van der Waals surface area (Å²) in [4.78, 5) is 52.9. The third-order valence-corrected chi connectivity index (χ3v) is 7.27. The highest BCUT2D eigenvalue weighted by molar-refractivity contribution is 8.00. The Morgan fingerprint density at radius 1 is 1.03 bits per heavy atom. The molecule has 0 unspecified atom stereocenters. The highest BCUT2D eigenvalue weighted by atomic mass is 32.2.